The fourth-order valence-electron chi connectivity index (χ4n) is 4.59. The minimum absolute atomic E-state index is 0.0213. The molecule has 2 nitrogen and oxygen atoms in total. The fourth-order valence-corrected chi connectivity index (χ4v) is 4.59. The predicted molar refractivity (Wildman–Crippen MR) is 111 cm³/mol. The van der Waals surface area contributed by atoms with Crippen molar-refractivity contribution in [3.63, 3.8) is 0 Å². The van der Waals surface area contributed by atoms with Gasteiger partial charge in [0, 0.05) is 11.6 Å². The average Bonchev–Trinajstić information content (AvgIpc) is 3.24. The molecule has 0 spiro atoms. The van der Waals surface area contributed by atoms with Crippen molar-refractivity contribution < 1.29 is 17.9 Å². The van der Waals surface area contributed by atoms with E-state index >= 15 is 0 Å². The Balaban J connectivity index is 1.52. The van der Waals surface area contributed by atoms with E-state index in [1.54, 1.807) is 12.1 Å². The van der Waals surface area contributed by atoms with Crippen molar-refractivity contribution in [3.05, 3.63) is 102 Å². The van der Waals surface area contributed by atoms with Crippen LogP contribution < -0.4 is 10.1 Å². The molecule has 30 heavy (non-hydrogen) atoms. The van der Waals surface area contributed by atoms with Crippen LogP contribution in [0, 0.1) is 5.92 Å². The van der Waals surface area contributed by atoms with E-state index in [2.05, 4.69) is 17.5 Å². The number of benzene rings is 3. The van der Waals surface area contributed by atoms with Crippen molar-refractivity contribution in [2.45, 2.75) is 24.6 Å². The van der Waals surface area contributed by atoms with Gasteiger partial charge in [-0.15, -0.1) is 0 Å². The molecule has 1 N–H and O–H groups in total. The summed E-state index contributed by atoms with van der Waals surface area (Å²) in [4.78, 5) is 0. The van der Waals surface area contributed by atoms with Crippen LogP contribution >= 0.6 is 0 Å². The quantitative estimate of drug-likeness (QED) is 0.459. The summed E-state index contributed by atoms with van der Waals surface area (Å²) in [5.74, 6) is 1.53. The Morgan fingerprint density at radius 2 is 1.60 bits per heavy atom. The Morgan fingerprint density at radius 3 is 2.40 bits per heavy atom. The molecule has 3 atom stereocenters. The average molecular weight is 407 g/mol. The summed E-state index contributed by atoms with van der Waals surface area (Å²) in [5, 5.41) is 3.39. The summed E-state index contributed by atoms with van der Waals surface area (Å²) < 4.78 is 46.9. The highest BCUT2D eigenvalue weighted by Crippen LogP contribution is 2.52. The highest BCUT2D eigenvalue weighted by Gasteiger charge is 2.42. The maximum Gasteiger partial charge on any atom is 0.416 e. The van der Waals surface area contributed by atoms with Gasteiger partial charge in [0.2, 0.25) is 0 Å². The lowest BCUT2D eigenvalue weighted by Crippen LogP contribution is -2.30. The van der Waals surface area contributed by atoms with Crippen molar-refractivity contribution in [2.24, 2.45) is 5.92 Å². The third kappa shape index (κ3) is 3.34. The van der Waals surface area contributed by atoms with Crippen molar-refractivity contribution in [3.8, 4) is 11.5 Å². The molecule has 2 aliphatic rings. The molecule has 0 unspecified atom stereocenters. The maximum absolute atomic E-state index is 13.6. The van der Waals surface area contributed by atoms with Crippen molar-refractivity contribution in [2.75, 3.05) is 5.32 Å². The van der Waals surface area contributed by atoms with Gasteiger partial charge < -0.3 is 10.1 Å². The Kier molecular flexibility index (Phi) is 4.54. The van der Waals surface area contributed by atoms with E-state index in [1.165, 1.54) is 12.1 Å². The molecule has 3 aromatic carbocycles. The lowest BCUT2D eigenvalue weighted by molar-refractivity contribution is -0.138. The van der Waals surface area contributed by atoms with E-state index in [9.17, 15) is 13.2 Å². The number of nitrogens with one attached hydrogen (secondary N) is 1. The van der Waals surface area contributed by atoms with Gasteiger partial charge in [0.25, 0.3) is 0 Å². The summed E-state index contributed by atoms with van der Waals surface area (Å²) in [7, 11) is 0. The number of para-hydroxylation sites is 1. The van der Waals surface area contributed by atoms with Crippen molar-refractivity contribution in [1.29, 1.82) is 0 Å². The first-order valence-corrected chi connectivity index (χ1v) is 9.97. The zero-order chi connectivity index (χ0) is 20.7. The van der Waals surface area contributed by atoms with Gasteiger partial charge in [-0.05, 0) is 59.9 Å². The second-order valence-electron chi connectivity index (χ2n) is 7.72. The largest absolute Gasteiger partial charge is 0.457 e. The molecule has 1 heterocycles. The van der Waals surface area contributed by atoms with E-state index < -0.39 is 17.8 Å². The third-order valence-electron chi connectivity index (χ3n) is 5.91. The summed E-state index contributed by atoms with van der Waals surface area (Å²) in [5.41, 5.74) is 1.65. The second kappa shape index (κ2) is 7.24. The molecule has 0 fully saturated rings. The van der Waals surface area contributed by atoms with E-state index in [1.807, 2.05) is 48.5 Å². The van der Waals surface area contributed by atoms with Gasteiger partial charge in [-0.25, -0.2) is 0 Å². The zero-order valence-electron chi connectivity index (χ0n) is 16.1. The van der Waals surface area contributed by atoms with Crippen LogP contribution in [-0.2, 0) is 6.18 Å². The smallest absolute Gasteiger partial charge is 0.416 e. The third-order valence-corrected chi connectivity index (χ3v) is 5.91. The first-order chi connectivity index (χ1) is 14.5. The Morgan fingerprint density at radius 1 is 0.833 bits per heavy atom. The van der Waals surface area contributed by atoms with E-state index in [4.69, 9.17) is 4.74 Å². The minimum atomic E-state index is -4.38. The first-order valence-electron chi connectivity index (χ1n) is 9.97. The Labute approximate surface area is 173 Å². The topological polar surface area (TPSA) is 21.3 Å². The first kappa shape index (κ1) is 18.8. The number of fused-ring (bicyclic) bond motifs is 3. The summed E-state index contributed by atoms with van der Waals surface area (Å²) >= 11 is 0. The van der Waals surface area contributed by atoms with Crippen LogP contribution in [0.3, 0.4) is 0 Å². The lowest BCUT2D eigenvalue weighted by Gasteiger charge is -2.38. The molecule has 5 heteroatoms. The molecule has 152 valence electrons. The Hall–Kier alpha value is -3.21. The van der Waals surface area contributed by atoms with Crippen LogP contribution in [0.15, 0.2) is 84.9 Å². The van der Waals surface area contributed by atoms with Gasteiger partial charge >= 0.3 is 6.18 Å². The normalized spacial score (nSPS) is 22.2. The van der Waals surface area contributed by atoms with Gasteiger partial charge in [0.05, 0.1) is 11.6 Å². The molecular weight excluding hydrogens is 387 g/mol. The van der Waals surface area contributed by atoms with Crippen LogP contribution in [0.4, 0.5) is 18.9 Å². The zero-order valence-corrected chi connectivity index (χ0v) is 16.1. The lowest BCUT2D eigenvalue weighted by atomic mass is 9.76. The molecule has 1 aliphatic carbocycles. The number of anilines is 1. The SMILES string of the molecule is FC(F)(F)c1ccccc1[C@@H]1Nc2ccc(Oc3ccccc3)cc2[C@@H]2C=CC[C@@H]21. The molecule has 0 bridgehead atoms. The van der Waals surface area contributed by atoms with Gasteiger partial charge in [-0.2, -0.15) is 13.2 Å². The number of hydrogen-bond donors (Lipinski definition) is 1. The molecule has 0 amide bonds. The number of rotatable bonds is 3. The number of halogens is 3. The van der Waals surface area contributed by atoms with Gasteiger partial charge in [0.1, 0.15) is 11.5 Å². The van der Waals surface area contributed by atoms with Crippen molar-refractivity contribution >= 4 is 5.69 Å². The molecule has 0 radical (unpaired) electrons. The summed E-state index contributed by atoms with van der Waals surface area (Å²) in [6.07, 6.45) is 0.533. The molecule has 5 rings (SSSR count). The van der Waals surface area contributed by atoms with Crippen LogP contribution in [0.2, 0.25) is 0 Å². The van der Waals surface area contributed by atoms with E-state index in [0.717, 1.165) is 29.2 Å². The van der Waals surface area contributed by atoms with Gasteiger partial charge in [-0.3, -0.25) is 0 Å². The summed E-state index contributed by atoms with van der Waals surface area (Å²) in [6.45, 7) is 0. The van der Waals surface area contributed by atoms with E-state index in [-0.39, 0.29) is 11.8 Å². The minimum Gasteiger partial charge on any atom is -0.457 e. The fraction of sp³-hybridized carbons (Fsp3) is 0.200. The molecule has 0 saturated carbocycles. The van der Waals surface area contributed by atoms with Crippen LogP contribution in [0.5, 0.6) is 11.5 Å². The highest BCUT2D eigenvalue weighted by atomic mass is 19.4. The van der Waals surface area contributed by atoms with Crippen molar-refractivity contribution in [1.82, 2.24) is 0 Å². The van der Waals surface area contributed by atoms with Crippen LogP contribution in [-0.4, -0.2) is 0 Å². The highest BCUT2D eigenvalue weighted by molar-refractivity contribution is 5.62. The number of alkyl halides is 3. The molecule has 1 aliphatic heterocycles. The second-order valence-corrected chi connectivity index (χ2v) is 7.72. The predicted octanol–water partition coefficient (Wildman–Crippen LogP) is 7.32. The van der Waals surface area contributed by atoms with Gasteiger partial charge in [-0.1, -0.05) is 48.6 Å². The molecule has 0 aromatic heterocycles. The maximum atomic E-state index is 13.6. The van der Waals surface area contributed by atoms with E-state index in [0.29, 0.717) is 5.56 Å². The Bertz CT molecular complexity index is 1090. The molecule has 0 saturated heterocycles. The number of allylic oxidation sites excluding steroid dienone is 2. The summed E-state index contributed by atoms with van der Waals surface area (Å²) in [6, 6.07) is 20.7. The van der Waals surface area contributed by atoms with Crippen LogP contribution in [0.25, 0.3) is 0 Å². The monoisotopic (exact) mass is 407 g/mol. The number of ether oxygens (including phenoxy) is 1. The molecular formula is C25H20F3NO. The number of hydrogen-bond acceptors (Lipinski definition) is 2. The molecule has 3 aromatic rings. The van der Waals surface area contributed by atoms with Crippen LogP contribution in [0.1, 0.15) is 35.1 Å². The standard InChI is InChI=1S/C25H20F3NO/c26-25(27,28)22-12-5-4-9-20(22)24-19-11-6-10-18(19)21-15-17(13-14-23(21)29-24)30-16-7-2-1-3-8-16/h1-10,12-15,18-19,24,29H,11H2/t18-,19+,24-/m1/s1. The van der Waals surface area contributed by atoms with Gasteiger partial charge in [0.15, 0.2) is 0 Å².